The second-order valence-corrected chi connectivity index (χ2v) is 6.84. The zero-order valence-electron chi connectivity index (χ0n) is 16.7. The number of hydrogen-bond acceptors (Lipinski definition) is 5. The lowest BCUT2D eigenvalue weighted by molar-refractivity contribution is -0.120. The van der Waals surface area contributed by atoms with Gasteiger partial charge in [-0.3, -0.25) is 9.78 Å². The van der Waals surface area contributed by atoms with E-state index in [9.17, 15) is 4.79 Å². The summed E-state index contributed by atoms with van der Waals surface area (Å²) in [6, 6.07) is 10.1. The Labute approximate surface area is 166 Å². The van der Waals surface area contributed by atoms with E-state index in [0.717, 1.165) is 41.3 Å². The molecule has 1 saturated heterocycles. The standard InChI is InChI=1S/C22H29N3O3/c1-3-27-19-9-10-20(21(13-19)28-4-2)16-7-8-17(24-14-16)12-22(26)25-15-18-6-5-11-23-18/h7-10,13-14,18,23H,3-6,11-12,15H2,1-2H3,(H,25,26). The molecular formula is C22H29N3O3. The van der Waals surface area contributed by atoms with Crippen LogP contribution in [0.5, 0.6) is 11.5 Å². The first-order valence-corrected chi connectivity index (χ1v) is 10.0. The van der Waals surface area contributed by atoms with Gasteiger partial charge in [-0.15, -0.1) is 0 Å². The fourth-order valence-electron chi connectivity index (χ4n) is 3.36. The Morgan fingerprint density at radius 3 is 2.75 bits per heavy atom. The number of ether oxygens (including phenoxy) is 2. The Morgan fingerprint density at radius 2 is 2.07 bits per heavy atom. The molecule has 6 nitrogen and oxygen atoms in total. The van der Waals surface area contributed by atoms with Gasteiger partial charge in [-0.05, 0) is 51.4 Å². The maximum Gasteiger partial charge on any atom is 0.226 e. The van der Waals surface area contributed by atoms with Gasteiger partial charge in [-0.25, -0.2) is 0 Å². The van der Waals surface area contributed by atoms with Crippen molar-refractivity contribution in [1.29, 1.82) is 0 Å². The van der Waals surface area contributed by atoms with Crippen molar-refractivity contribution in [3.05, 3.63) is 42.2 Å². The molecule has 1 atom stereocenters. The number of aromatic nitrogens is 1. The first-order valence-electron chi connectivity index (χ1n) is 10.0. The second kappa shape index (κ2) is 10.1. The molecule has 1 aliphatic heterocycles. The van der Waals surface area contributed by atoms with E-state index >= 15 is 0 Å². The van der Waals surface area contributed by atoms with Crippen LogP contribution in [0.1, 0.15) is 32.4 Å². The number of nitrogens with zero attached hydrogens (tertiary/aromatic N) is 1. The molecule has 0 aliphatic carbocycles. The molecule has 0 radical (unpaired) electrons. The van der Waals surface area contributed by atoms with Gasteiger partial charge in [-0.2, -0.15) is 0 Å². The third-order valence-corrected chi connectivity index (χ3v) is 4.75. The van der Waals surface area contributed by atoms with Crippen LogP contribution in [-0.4, -0.2) is 43.2 Å². The van der Waals surface area contributed by atoms with Crippen molar-refractivity contribution in [2.75, 3.05) is 26.3 Å². The molecule has 0 bridgehead atoms. The molecule has 0 saturated carbocycles. The highest BCUT2D eigenvalue weighted by Crippen LogP contribution is 2.33. The van der Waals surface area contributed by atoms with E-state index in [4.69, 9.17) is 9.47 Å². The van der Waals surface area contributed by atoms with Crippen molar-refractivity contribution in [2.24, 2.45) is 0 Å². The Bertz CT molecular complexity index is 771. The monoisotopic (exact) mass is 383 g/mol. The van der Waals surface area contributed by atoms with Crippen LogP contribution in [-0.2, 0) is 11.2 Å². The van der Waals surface area contributed by atoms with Gasteiger partial charge >= 0.3 is 0 Å². The van der Waals surface area contributed by atoms with Crippen molar-refractivity contribution >= 4 is 5.91 Å². The summed E-state index contributed by atoms with van der Waals surface area (Å²) in [5, 5.41) is 6.37. The lowest BCUT2D eigenvalue weighted by Crippen LogP contribution is -2.37. The van der Waals surface area contributed by atoms with Crippen molar-refractivity contribution < 1.29 is 14.3 Å². The Balaban J connectivity index is 1.63. The third-order valence-electron chi connectivity index (χ3n) is 4.75. The molecule has 1 aromatic carbocycles. The normalized spacial score (nSPS) is 16.0. The zero-order chi connectivity index (χ0) is 19.8. The smallest absolute Gasteiger partial charge is 0.226 e. The number of carbonyl (C=O) groups excluding carboxylic acids is 1. The summed E-state index contributed by atoms with van der Waals surface area (Å²) in [4.78, 5) is 16.6. The van der Waals surface area contributed by atoms with E-state index in [1.54, 1.807) is 6.20 Å². The summed E-state index contributed by atoms with van der Waals surface area (Å²) in [6.45, 7) is 6.82. The van der Waals surface area contributed by atoms with Crippen LogP contribution in [0.25, 0.3) is 11.1 Å². The summed E-state index contributed by atoms with van der Waals surface area (Å²) in [6.07, 6.45) is 4.38. The topological polar surface area (TPSA) is 72.5 Å². The molecule has 2 N–H and O–H groups in total. The van der Waals surface area contributed by atoms with Crippen LogP contribution in [0.4, 0.5) is 0 Å². The SMILES string of the molecule is CCOc1ccc(-c2ccc(CC(=O)NCC3CCCN3)nc2)c(OCC)c1. The lowest BCUT2D eigenvalue weighted by Gasteiger charge is -2.13. The van der Waals surface area contributed by atoms with E-state index in [0.29, 0.717) is 25.8 Å². The third kappa shape index (κ3) is 5.45. The van der Waals surface area contributed by atoms with Gasteiger partial charge in [-0.1, -0.05) is 6.07 Å². The lowest BCUT2D eigenvalue weighted by atomic mass is 10.1. The molecule has 1 fully saturated rings. The highest BCUT2D eigenvalue weighted by atomic mass is 16.5. The zero-order valence-corrected chi connectivity index (χ0v) is 16.7. The summed E-state index contributed by atoms with van der Waals surface area (Å²) in [5.41, 5.74) is 2.66. The van der Waals surface area contributed by atoms with E-state index < -0.39 is 0 Å². The van der Waals surface area contributed by atoms with Gasteiger partial charge in [0.15, 0.2) is 0 Å². The summed E-state index contributed by atoms with van der Waals surface area (Å²) >= 11 is 0. The number of carbonyl (C=O) groups is 1. The Morgan fingerprint density at radius 1 is 1.21 bits per heavy atom. The molecule has 1 amide bonds. The second-order valence-electron chi connectivity index (χ2n) is 6.84. The van der Waals surface area contributed by atoms with Gasteiger partial charge in [0.05, 0.1) is 19.6 Å². The maximum atomic E-state index is 12.1. The van der Waals surface area contributed by atoms with E-state index in [1.165, 1.54) is 6.42 Å². The van der Waals surface area contributed by atoms with Crippen LogP contribution in [0.15, 0.2) is 36.5 Å². The Kier molecular flexibility index (Phi) is 7.25. The Hall–Kier alpha value is -2.60. The number of pyridine rings is 1. The van der Waals surface area contributed by atoms with E-state index in [2.05, 4.69) is 15.6 Å². The van der Waals surface area contributed by atoms with Gasteiger partial charge in [0.1, 0.15) is 11.5 Å². The van der Waals surface area contributed by atoms with Gasteiger partial charge < -0.3 is 20.1 Å². The molecule has 150 valence electrons. The first kappa shape index (κ1) is 20.1. The molecular weight excluding hydrogens is 354 g/mol. The highest BCUT2D eigenvalue weighted by molar-refractivity contribution is 5.78. The van der Waals surface area contributed by atoms with Crippen molar-refractivity contribution in [2.45, 2.75) is 39.2 Å². The fourth-order valence-corrected chi connectivity index (χ4v) is 3.36. The van der Waals surface area contributed by atoms with Gasteiger partial charge in [0, 0.05) is 41.7 Å². The molecule has 1 aromatic heterocycles. The molecule has 6 heteroatoms. The minimum absolute atomic E-state index is 0.00465. The number of hydrogen-bond donors (Lipinski definition) is 2. The predicted molar refractivity (Wildman–Crippen MR) is 110 cm³/mol. The van der Waals surface area contributed by atoms with Crippen molar-refractivity contribution in [3.8, 4) is 22.6 Å². The van der Waals surface area contributed by atoms with Crippen LogP contribution >= 0.6 is 0 Å². The van der Waals surface area contributed by atoms with E-state index in [-0.39, 0.29) is 12.3 Å². The van der Waals surface area contributed by atoms with Crippen LogP contribution in [0, 0.1) is 0 Å². The molecule has 3 rings (SSSR count). The molecule has 28 heavy (non-hydrogen) atoms. The quantitative estimate of drug-likeness (QED) is 0.697. The predicted octanol–water partition coefficient (Wildman–Crippen LogP) is 2.96. The molecule has 1 unspecified atom stereocenters. The van der Waals surface area contributed by atoms with Crippen molar-refractivity contribution in [1.82, 2.24) is 15.6 Å². The first-order chi connectivity index (χ1) is 13.7. The molecule has 2 aromatic rings. The number of benzene rings is 1. The van der Waals surface area contributed by atoms with Crippen molar-refractivity contribution in [3.63, 3.8) is 0 Å². The van der Waals surface area contributed by atoms with Gasteiger partial charge in [0.2, 0.25) is 5.91 Å². The maximum absolute atomic E-state index is 12.1. The van der Waals surface area contributed by atoms with Crippen LogP contribution < -0.4 is 20.1 Å². The molecule has 2 heterocycles. The number of nitrogens with one attached hydrogen (secondary N) is 2. The summed E-state index contributed by atoms with van der Waals surface area (Å²) in [7, 11) is 0. The minimum atomic E-state index is 0.00465. The minimum Gasteiger partial charge on any atom is -0.494 e. The number of amides is 1. The van der Waals surface area contributed by atoms with E-state index in [1.807, 2.05) is 44.2 Å². The summed E-state index contributed by atoms with van der Waals surface area (Å²) in [5.74, 6) is 1.56. The largest absolute Gasteiger partial charge is 0.494 e. The average molecular weight is 383 g/mol. The molecule has 1 aliphatic rings. The summed E-state index contributed by atoms with van der Waals surface area (Å²) < 4.78 is 11.3. The van der Waals surface area contributed by atoms with Crippen LogP contribution in [0.2, 0.25) is 0 Å². The fraction of sp³-hybridized carbons (Fsp3) is 0.455. The highest BCUT2D eigenvalue weighted by Gasteiger charge is 2.15. The average Bonchev–Trinajstić information content (AvgIpc) is 3.22. The van der Waals surface area contributed by atoms with Crippen LogP contribution in [0.3, 0.4) is 0 Å². The van der Waals surface area contributed by atoms with Gasteiger partial charge in [0.25, 0.3) is 0 Å². The molecule has 0 spiro atoms. The number of rotatable bonds is 9.